The number of hydrogen-bond acceptors (Lipinski definition) is 0. The van der Waals surface area contributed by atoms with E-state index in [9.17, 15) is 0 Å². The van der Waals surface area contributed by atoms with Gasteiger partial charge in [-0.05, 0) is 39.0 Å². The highest BCUT2D eigenvalue weighted by atomic mass is 14.1. The molecule has 0 aromatic heterocycles. The van der Waals surface area contributed by atoms with Gasteiger partial charge in [0, 0.05) is 0 Å². The molecule has 62 valence electrons. The van der Waals surface area contributed by atoms with Gasteiger partial charge in [-0.3, -0.25) is 0 Å². The van der Waals surface area contributed by atoms with Crippen molar-refractivity contribution in [1.82, 2.24) is 0 Å². The van der Waals surface area contributed by atoms with Crippen molar-refractivity contribution in [2.24, 2.45) is 0 Å². The second kappa shape index (κ2) is 4.38. The summed E-state index contributed by atoms with van der Waals surface area (Å²) in [7, 11) is 0. The van der Waals surface area contributed by atoms with Gasteiger partial charge in [0.15, 0.2) is 0 Å². The van der Waals surface area contributed by atoms with E-state index < -0.39 is 0 Å². The molecule has 0 atom stereocenters. The third-order valence-corrected chi connectivity index (χ3v) is 2.40. The highest BCUT2D eigenvalue weighted by Gasteiger charge is 2.07. The van der Waals surface area contributed by atoms with Crippen LogP contribution in [0.4, 0.5) is 0 Å². The Labute approximate surface area is 70.0 Å². The van der Waals surface area contributed by atoms with Gasteiger partial charge in [0.2, 0.25) is 0 Å². The minimum atomic E-state index is 1.17. The topological polar surface area (TPSA) is 0 Å². The zero-order chi connectivity index (χ0) is 8.10. The Balaban J connectivity index is 2.36. The molecule has 0 aliphatic heterocycles. The van der Waals surface area contributed by atoms with E-state index in [1.54, 1.807) is 11.1 Å². The maximum absolute atomic E-state index is 2.31. The summed E-state index contributed by atoms with van der Waals surface area (Å²) in [4.78, 5) is 0. The van der Waals surface area contributed by atoms with E-state index in [1.165, 1.54) is 32.1 Å². The van der Waals surface area contributed by atoms with E-state index in [0.29, 0.717) is 0 Å². The molecule has 0 saturated carbocycles. The Morgan fingerprint density at radius 1 is 1.27 bits per heavy atom. The Bertz CT molecular complexity index is 172. The van der Waals surface area contributed by atoms with E-state index in [4.69, 9.17) is 0 Å². The lowest BCUT2D eigenvalue weighted by Gasteiger charge is -1.97. The molecule has 0 N–H and O–H groups in total. The molecule has 0 amide bonds. The molecule has 0 fully saturated rings. The molecular weight excluding hydrogens is 132 g/mol. The molecule has 11 heavy (non-hydrogen) atoms. The highest BCUT2D eigenvalue weighted by Crippen LogP contribution is 2.27. The standard InChI is InChI=1S/C11H18/c1-3-4-5-8-11-9-6-7-10(11)2/h4-5H,3,6-9H2,1-2H3/b5-4+. The van der Waals surface area contributed by atoms with Crippen LogP contribution in [0.25, 0.3) is 0 Å². The molecular formula is C11H18. The molecule has 0 radical (unpaired) electrons. The predicted octanol–water partition coefficient (Wildman–Crippen LogP) is 3.84. The van der Waals surface area contributed by atoms with Crippen molar-refractivity contribution >= 4 is 0 Å². The summed E-state index contributed by atoms with van der Waals surface area (Å²) in [6.07, 6.45) is 11.0. The van der Waals surface area contributed by atoms with Gasteiger partial charge in [0.25, 0.3) is 0 Å². The monoisotopic (exact) mass is 150 g/mol. The minimum Gasteiger partial charge on any atom is -0.0885 e. The second-order valence-corrected chi connectivity index (χ2v) is 3.32. The summed E-state index contributed by atoms with van der Waals surface area (Å²) in [5, 5.41) is 0. The lowest BCUT2D eigenvalue weighted by molar-refractivity contribution is 0.883. The summed E-state index contributed by atoms with van der Waals surface area (Å²) < 4.78 is 0. The number of hydrogen-bond donors (Lipinski definition) is 0. The third kappa shape index (κ3) is 2.53. The smallest absolute Gasteiger partial charge is 0.0136 e. The zero-order valence-electron chi connectivity index (χ0n) is 7.69. The molecule has 1 rings (SSSR count). The van der Waals surface area contributed by atoms with Gasteiger partial charge >= 0.3 is 0 Å². The lowest BCUT2D eigenvalue weighted by atomic mass is 10.1. The fourth-order valence-corrected chi connectivity index (χ4v) is 1.63. The molecule has 0 spiro atoms. The fourth-order valence-electron chi connectivity index (χ4n) is 1.63. The van der Waals surface area contributed by atoms with Crippen LogP contribution in [-0.2, 0) is 0 Å². The lowest BCUT2D eigenvalue weighted by Crippen LogP contribution is -1.76. The molecule has 0 heterocycles. The quantitative estimate of drug-likeness (QED) is 0.536. The number of rotatable bonds is 3. The molecule has 0 aromatic rings. The summed E-state index contributed by atoms with van der Waals surface area (Å²) in [5.41, 5.74) is 3.33. The van der Waals surface area contributed by atoms with Crippen LogP contribution in [0, 0.1) is 0 Å². The van der Waals surface area contributed by atoms with E-state index in [1.807, 2.05) is 0 Å². The summed E-state index contributed by atoms with van der Waals surface area (Å²) >= 11 is 0. The summed E-state index contributed by atoms with van der Waals surface area (Å²) in [6.45, 7) is 4.47. The SMILES string of the molecule is CC/C=C/CC1=C(C)CCC1. The van der Waals surface area contributed by atoms with Crippen LogP contribution >= 0.6 is 0 Å². The van der Waals surface area contributed by atoms with Crippen molar-refractivity contribution in [3.63, 3.8) is 0 Å². The Morgan fingerprint density at radius 3 is 2.64 bits per heavy atom. The second-order valence-electron chi connectivity index (χ2n) is 3.32. The average molecular weight is 150 g/mol. The van der Waals surface area contributed by atoms with Crippen LogP contribution in [0.1, 0.15) is 46.0 Å². The normalized spacial score (nSPS) is 18.7. The van der Waals surface area contributed by atoms with Gasteiger partial charge in [0.1, 0.15) is 0 Å². The molecule has 0 saturated heterocycles. The first-order chi connectivity index (χ1) is 5.34. The zero-order valence-corrected chi connectivity index (χ0v) is 7.69. The average Bonchev–Trinajstić information content (AvgIpc) is 2.37. The van der Waals surface area contributed by atoms with Gasteiger partial charge < -0.3 is 0 Å². The summed E-state index contributed by atoms with van der Waals surface area (Å²) in [5.74, 6) is 0. The van der Waals surface area contributed by atoms with Crippen molar-refractivity contribution in [2.45, 2.75) is 46.0 Å². The van der Waals surface area contributed by atoms with Crippen molar-refractivity contribution in [3.8, 4) is 0 Å². The van der Waals surface area contributed by atoms with Crippen LogP contribution in [0.2, 0.25) is 0 Å². The van der Waals surface area contributed by atoms with Crippen LogP contribution in [0.3, 0.4) is 0 Å². The molecule has 1 aliphatic carbocycles. The van der Waals surface area contributed by atoms with Gasteiger partial charge in [-0.1, -0.05) is 30.2 Å². The van der Waals surface area contributed by atoms with Gasteiger partial charge in [-0.15, -0.1) is 0 Å². The molecule has 0 nitrogen and oxygen atoms in total. The van der Waals surface area contributed by atoms with Gasteiger partial charge in [-0.2, -0.15) is 0 Å². The molecule has 1 aliphatic rings. The maximum atomic E-state index is 2.31. The van der Waals surface area contributed by atoms with Crippen molar-refractivity contribution in [3.05, 3.63) is 23.3 Å². The van der Waals surface area contributed by atoms with Crippen LogP contribution in [0.15, 0.2) is 23.3 Å². The Kier molecular flexibility index (Phi) is 3.41. The maximum Gasteiger partial charge on any atom is -0.0136 e. The van der Waals surface area contributed by atoms with Crippen LogP contribution in [0.5, 0.6) is 0 Å². The fraction of sp³-hybridized carbons (Fsp3) is 0.636. The summed E-state index contributed by atoms with van der Waals surface area (Å²) in [6, 6.07) is 0. The predicted molar refractivity (Wildman–Crippen MR) is 50.6 cm³/mol. The van der Waals surface area contributed by atoms with Crippen molar-refractivity contribution in [1.29, 1.82) is 0 Å². The molecule has 0 aromatic carbocycles. The third-order valence-electron chi connectivity index (χ3n) is 2.40. The van der Waals surface area contributed by atoms with E-state index in [0.717, 1.165) is 0 Å². The Hall–Kier alpha value is -0.520. The minimum absolute atomic E-state index is 1.17. The van der Waals surface area contributed by atoms with E-state index in [-0.39, 0.29) is 0 Å². The number of allylic oxidation sites excluding steroid dienone is 4. The van der Waals surface area contributed by atoms with Crippen LogP contribution < -0.4 is 0 Å². The first-order valence-corrected chi connectivity index (χ1v) is 4.67. The van der Waals surface area contributed by atoms with E-state index in [2.05, 4.69) is 26.0 Å². The Morgan fingerprint density at radius 2 is 2.09 bits per heavy atom. The largest absolute Gasteiger partial charge is 0.0885 e. The van der Waals surface area contributed by atoms with Crippen molar-refractivity contribution in [2.75, 3.05) is 0 Å². The molecule has 0 heteroatoms. The molecule has 0 unspecified atom stereocenters. The molecule has 0 bridgehead atoms. The highest BCUT2D eigenvalue weighted by molar-refractivity contribution is 5.19. The first-order valence-electron chi connectivity index (χ1n) is 4.67. The van der Waals surface area contributed by atoms with Crippen molar-refractivity contribution < 1.29 is 0 Å². The first kappa shape index (κ1) is 8.58. The van der Waals surface area contributed by atoms with E-state index >= 15 is 0 Å². The van der Waals surface area contributed by atoms with Crippen LogP contribution in [-0.4, -0.2) is 0 Å². The van der Waals surface area contributed by atoms with Gasteiger partial charge in [-0.25, -0.2) is 0 Å². The van der Waals surface area contributed by atoms with Gasteiger partial charge in [0.05, 0.1) is 0 Å².